The third kappa shape index (κ3) is 4.57. The minimum absolute atomic E-state index is 0.0894. The van der Waals surface area contributed by atoms with Gasteiger partial charge in [0.1, 0.15) is 19.0 Å². The molecule has 2 aromatic carbocycles. The molecule has 0 fully saturated rings. The summed E-state index contributed by atoms with van der Waals surface area (Å²) in [5.74, 6) is -0.00846. The molecule has 4 rings (SSSR count). The van der Waals surface area contributed by atoms with Gasteiger partial charge in [-0.25, -0.2) is 4.98 Å². The first-order chi connectivity index (χ1) is 14.5. The Morgan fingerprint density at radius 3 is 2.70 bits per heavy atom. The molecular formula is C19H15F2N3O5S. The van der Waals surface area contributed by atoms with E-state index in [-0.39, 0.29) is 17.9 Å². The van der Waals surface area contributed by atoms with Crippen molar-refractivity contribution < 1.29 is 32.6 Å². The first-order valence-corrected chi connectivity index (χ1v) is 9.63. The highest BCUT2D eigenvalue weighted by Gasteiger charge is 2.16. The molecule has 3 aromatic rings. The molecule has 0 saturated heterocycles. The van der Waals surface area contributed by atoms with Crippen molar-refractivity contribution in [1.29, 1.82) is 0 Å². The topological polar surface area (TPSA) is 98.8 Å². The van der Waals surface area contributed by atoms with Crippen LogP contribution in [0.25, 0.3) is 10.2 Å². The second kappa shape index (κ2) is 8.49. The lowest BCUT2D eigenvalue weighted by Gasteiger charge is -2.17. The van der Waals surface area contributed by atoms with Gasteiger partial charge in [-0.2, -0.15) is 8.78 Å². The number of thiazole rings is 1. The van der Waals surface area contributed by atoms with Crippen LogP contribution in [0.15, 0.2) is 36.4 Å². The van der Waals surface area contributed by atoms with Gasteiger partial charge in [0.2, 0.25) is 5.91 Å². The lowest BCUT2D eigenvalue weighted by atomic mass is 10.2. The van der Waals surface area contributed by atoms with Gasteiger partial charge in [0.25, 0.3) is 5.91 Å². The van der Waals surface area contributed by atoms with Gasteiger partial charge in [0, 0.05) is 17.7 Å². The molecule has 1 aromatic heterocycles. The minimum Gasteiger partial charge on any atom is -0.486 e. The minimum atomic E-state index is -2.99. The molecule has 156 valence electrons. The molecule has 0 aliphatic carbocycles. The number of nitrogens with one attached hydrogen (secondary N) is 2. The lowest BCUT2D eigenvalue weighted by molar-refractivity contribution is -0.115. The number of amides is 2. The molecule has 0 saturated carbocycles. The van der Waals surface area contributed by atoms with Crippen molar-refractivity contribution in [2.24, 2.45) is 0 Å². The van der Waals surface area contributed by atoms with E-state index < -0.39 is 18.4 Å². The fraction of sp³-hybridized carbons (Fsp3) is 0.211. The Morgan fingerprint density at radius 2 is 1.93 bits per heavy atom. The van der Waals surface area contributed by atoms with Crippen LogP contribution in [0, 0.1) is 0 Å². The third-order valence-electron chi connectivity index (χ3n) is 4.03. The van der Waals surface area contributed by atoms with E-state index in [4.69, 9.17) is 9.47 Å². The average Bonchev–Trinajstić information content (AvgIpc) is 3.10. The van der Waals surface area contributed by atoms with Gasteiger partial charge in [-0.1, -0.05) is 17.4 Å². The zero-order valence-corrected chi connectivity index (χ0v) is 16.1. The van der Waals surface area contributed by atoms with E-state index in [9.17, 15) is 18.4 Å². The predicted molar refractivity (Wildman–Crippen MR) is 105 cm³/mol. The van der Waals surface area contributed by atoms with Crippen molar-refractivity contribution in [1.82, 2.24) is 10.3 Å². The van der Waals surface area contributed by atoms with Crippen LogP contribution < -0.4 is 24.8 Å². The molecule has 8 nitrogen and oxygen atoms in total. The standard InChI is InChI=1S/C19H15F2N3O5S/c20-18(21)29-11-3-1-2-10(6-11)17(26)22-9-16(25)24-19-23-12-7-13-14(8-15(12)30-19)28-5-4-27-13/h1-3,6-8,18H,4-5,9H2,(H,22,26)(H,23,24,25). The molecule has 2 N–H and O–H groups in total. The zero-order chi connectivity index (χ0) is 21.1. The SMILES string of the molecule is O=C(CNC(=O)c1cccc(OC(F)F)c1)Nc1nc2cc3c(cc2s1)OCCO3. The molecule has 0 radical (unpaired) electrons. The summed E-state index contributed by atoms with van der Waals surface area (Å²) in [6.45, 7) is -2.38. The number of alkyl halides is 2. The van der Waals surface area contributed by atoms with Crippen molar-refractivity contribution in [3.63, 3.8) is 0 Å². The van der Waals surface area contributed by atoms with Crippen LogP contribution in [0.4, 0.5) is 13.9 Å². The van der Waals surface area contributed by atoms with Crippen LogP contribution in [0.1, 0.15) is 10.4 Å². The van der Waals surface area contributed by atoms with Crippen molar-refractivity contribution in [2.45, 2.75) is 6.61 Å². The number of ether oxygens (including phenoxy) is 3. The Labute approximate surface area is 172 Å². The number of carbonyl (C=O) groups excluding carboxylic acids is 2. The number of hydrogen-bond acceptors (Lipinski definition) is 7. The van der Waals surface area contributed by atoms with E-state index in [2.05, 4.69) is 20.4 Å². The first kappa shape index (κ1) is 19.8. The van der Waals surface area contributed by atoms with Gasteiger partial charge in [0.05, 0.1) is 16.8 Å². The van der Waals surface area contributed by atoms with E-state index in [0.717, 1.165) is 4.70 Å². The summed E-state index contributed by atoms with van der Waals surface area (Å²) in [6, 6.07) is 8.83. The van der Waals surface area contributed by atoms with Crippen LogP contribution in [0.2, 0.25) is 0 Å². The molecule has 30 heavy (non-hydrogen) atoms. The van der Waals surface area contributed by atoms with Gasteiger partial charge in [-0.05, 0) is 18.2 Å². The molecule has 0 atom stereocenters. The molecule has 2 heterocycles. The van der Waals surface area contributed by atoms with Crippen LogP contribution in [0.3, 0.4) is 0 Å². The van der Waals surface area contributed by atoms with Gasteiger partial charge in [-0.15, -0.1) is 0 Å². The lowest BCUT2D eigenvalue weighted by Crippen LogP contribution is -2.32. The number of hydrogen-bond donors (Lipinski definition) is 2. The summed E-state index contributed by atoms with van der Waals surface area (Å²) < 4.78 is 40.7. The highest BCUT2D eigenvalue weighted by Crippen LogP contribution is 2.37. The average molecular weight is 435 g/mol. The van der Waals surface area contributed by atoms with E-state index in [1.807, 2.05) is 0 Å². The Bertz CT molecular complexity index is 1060. The van der Waals surface area contributed by atoms with E-state index in [1.165, 1.54) is 35.6 Å². The Balaban J connectivity index is 1.36. The largest absolute Gasteiger partial charge is 0.486 e. The fourth-order valence-corrected chi connectivity index (χ4v) is 3.65. The molecule has 11 heteroatoms. The van der Waals surface area contributed by atoms with Gasteiger partial charge in [-0.3, -0.25) is 9.59 Å². The van der Waals surface area contributed by atoms with Crippen LogP contribution >= 0.6 is 11.3 Å². The second-order valence-electron chi connectivity index (χ2n) is 6.12. The van der Waals surface area contributed by atoms with Gasteiger partial charge in [0.15, 0.2) is 16.6 Å². The molecule has 1 aliphatic heterocycles. The third-order valence-corrected chi connectivity index (χ3v) is 4.96. The molecule has 0 bridgehead atoms. The monoisotopic (exact) mass is 435 g/mol. The van der Waals surface area contributed by atoms with Crippen molar-refractivity contribution in [3.05, 3.63) is 42.0 Å². The smallest absolute Gasteiger partial charge is 0.387 e. The Morgan fingerprint density at radius 1 is 1.17 bits per heavy atom. The van der Waals surface area contributed by atoms with Crippen LogP contribution in [0.5, 0.6) is 17.2 Å². The number of benzene rings is 2. The van der Waals surface area contributed by atoms with Crippen LogP contribution in [-0.2, 0) is 4.79 Å². The second-order valence-corrected chi connectivity index (χ2v) is 7.15. The highest BCUT2D eigenvalue weighted by atomic mass is 32.1. The molecule has 0 spiro atoms. The summed E-state index contributed by atoms with van der Waals surface area (Å²) in [6.07, 6.45) is 0. The fourth-order valence-electron chi connectivity index (χ4n) is 2.76. The summed E-state index contributed by atoms with van der Waals surface area (Å²) >= 11 is 1.26. The predicted octanol–water partition coefficient (Wildman–Crippen LogP) is 3.04. The van der Waals surface area contributed by atoms with E-state index in [1.54, 1.807) is 12.1 Å². The Kier molecular flexibility index (Phi) is 5.61. The van der Waals surface area contributed by atoms with Gasteiger partial charge < -0.3 is 24.8 Å². The number of anilines is 1. The number of halogens is 2. The quantitative estimate of drug-likeness (QED) is 0.618. The van der Waals surface area contributed by atoms with E-state index in [0.29, 0.717) is 35.4 Å². The number of rotatable bonds is 6. The molecule has 2 amide bonds. The van der Waals surface area contributed by atoms with Crippen LogP contribution in [-0.4, -0.2) is 43.2 Å². The summed E-state index contributed by atoms with van der Waals surface area (Å²) in [5.41, 5.74) is 0.742. The van der Waals surface area contributed by atoms with Crippen molar-refractivity contribution >= 4 is 38.5 Å². The number of fused-ring (bicyclic) bond motifs is 2. The molecule has 1 aliphatic rings. The maximum atomic E-state index is 12.3. The molecule has 0 unspecified atom stereocenters. The maximum Gasteiger partial charge on any atom is 0.387 e. The number of nitrogens with zero attached hydrogens (tertiary/aromatic N) is 1. The summed E-state index contributed by atoms with van der Waals surface area (Å²) in [4.78, 5) is 28.6. The van der Waals surface area contributed by atoms with E-state index >= 15 is 0 Å². The summed E-state index contributed by atoms with van der Waals surface area (Å²) in [7, 11) is 0. The zero-order valence-electron chi connectivity index (χ0n) is 15.3. The maximum absolute atomic E-state index is 12.3. The first-order valence-electron chi connectivity index (χ1n) is 8.81. The van der Waals surface area contributed by atoms with Crippen molar-refractivity contribution in [2.75, 3.05) is 25.1 Å². The number of aromatic nitrogens is 1. The molecular weight excluding hydrogens is 420 g/mol. The summed E-state index contributed by atoms with van der Waals surface area (Å²) in [5, 5.41) is 5.40. The number of carbonyl (C=O) groups is 2. The highest BCUT2D eigenvalue weighted by molar-refractivity contribution is 7.22. The van der Waals surface area contributed by atoms with Gasteiger partial charge >= 0.3 is 6.61 Å². The van der Waals surface area contributed by atoms with Crippen molar-refractivity contribution in [3.8, 4) is 17.2 Å². The Hall–Kier alpha value is -3.47. The normalized spacial score (nSPS) is 12.6.